The van der Waals surface area contributed by atoms with Crippen molar-refractivity contribution in [2.24, 2.45) is 0 Å². The van der Waals surface area contributed by atoms with Gasteiger partial charge < -0.3 is 30.6 Å². The number of quaternary nitrogens is 1. The predicted molar refractivity (Wildman–Crippen MR) is 106 cm³/mol. The quantitative estimate of drug-likeness (QED) is 0.242. The summed E-state index contributed by atoms with van der Waals surface area (Å²) < 4.78 is 12.0. The van der Waals surface area contributed by atoms with Gasteiger partial charge >= 0.3 is 5.88 Å². The molecule has 0 aliphatic carbocycles. The normalized spacial score (nSPS) is 11.4. The highest BCUT2D eigenvalue weighted by atomic mass is 79.9. The van der Waals surface area contributed by atoms with E-state index >= 15 is 0 Å². The van der Waals surface area contributed by atoms with Crippen LogP contribution in [0.3, 0.4) is 0 Å². The smallest absolute Gasteiger partial charge is 0.433 e. The monoisotopic (exact) mass is 474 g/mol. The van der Waals surface area contributed by atoms with Crippen LogP contribution in [0.15, 0.2) is 28.7 Å². The largest absolute Gasteiger partial charge is 1.00 e. The summed E-state index contributed by atoms with van der Waals surface area (Å²) in [6.07, 6.45) is 0.856. The molecule has 0 amide bonds. The molecule has 28 heavy (non-hydrogen) atoms. The van der Waals surface area contributed by atoms with Crippen LogP contribution < -0.4 is 21.7 Å². The number of aryl methyl sites for hydroxylation is 1. The van der Waals surface area contributed by atoms with Crippen molar-refractivity contribution < 1.29 is 35.5 Å². The van der Waals surface area contributed by atoms with Crippen LogP contribution in [0.1, 0.15) is 43.1 Å². The molecule has 0 fully saturated rings. The molecule has 156 valence electrons. The highest BCUT2D eigenvalue weighted by molar-refractivity contribution is 6.31. The van der Waals surface area contributed by atoms with Crippen LogP contribution in [0.25, 0.3) is 0 Å². The minimum absolute atomic E-state index is 0. The highest BCUT2D eigenvalue weighted by Gasteiger charge is 2.21. The zero-order valence-electron chi connectivity index (χ0n) is 17.0. The van der Waals surface area contributed by atoms with Crippen LogP contribution in [-0.4, -0.2) is 36.7 Å². The average Bonchev–Trinajstić information content (AvgIpc) is 3.02. The van der Waals surface area contributed by atoms with E-state index in [4.69, 9.17) is 20.8 Å². The maximum Gasteiger partial charge on any atom is 0.433 e. The Morgan fingerprint density at radius 2 is 1.96 bits per heavy atom. The van der Waals surface area contributed by atoms with Gasteiger partial charge in [0.05, 0.1) is 33.3 Å². The predicted octanol–water partition coefficient (Wildman–Crippen LogP) is 2.32. The van der Waals surface area contributed by atoms with E-state index in [0.29, 0.717) is 29.3 Å². The zero-order valence-corrected chi connectivity index (χ0v) is 19.3. The summed E-state index contributed by atoms with van der Waals surface area (Å²) in [4.78, 5) is 10.2. The molecule has 0 saturated carbocycles. The second-order valence-electron chi connectivity index (χ2n) is 7.81. The van der Waals surface area contributed by atoms with Crippen LogP contribution in [0.5, 0.6) is 5.75 Å². The van der Waals surface area contributed by atoms with E-state index in [9.17, 15) is 10.1 Å². The van der Waals surface area contributed by atoms with Crippen molar-refractivity contribution in [1.82, 2.24) is 0 Å². The second-order valence-corrected chi connectivity index (χ2v) is 8.22. The van der Waals surface area contributed by atoms with Gasteiger partial charge in [-0.2, -0.15) is 0 Å². The van der Waals surface area contributed by atoms with E-state index in [0.717, 1.165) is 34.9 Å². The van der Waals surface area contributed by atoms with Crippen molar-refractivity contribution in [1.29, 1.82) is 0 Å². The van der Waals surface area contributed by atoms with Gasteiger partial charge in [-0.15, -0.1) is 0 Å². The van der Waals surface area contributed by atoms with Gasteiger partial charge in [0.25, 0.3) is 0 Å². The van der Waals surface area contributed by atoms with E-state index in [1.54, 1.807) is 6.07 Å². The number of hydrogen-bond acceptors (Lipinski definition) is 4. The van der Waals surface area contributed by atoms with Crippen LogP contribution in [0.2, 0.25) is 5.02 Å². The van der Waals surface area contributed by atoms with Crippen molar-refractivity contribution in [2.75, 3.05) is 27.2 Å². The summed E-state index contributed by atoms with van der Waals surface area (Å²) in [5, 5.41) is 11.5. The number of halogens is 2. The topological polar surface area (TPSA) is 65.5 Å². The summed E-state index contributed by atoms with van der Waals surface area (Å²) in [5.74, 6) is 1.62. The van der Waals surface area contributed by atoms with E-state index in [1.807, 2.05) is 19.1 Å². The Kier molecular flexibility index (Phi) is 8.98. The molecule has 0 aliphatic heterocycles. The molecule has 8 heteroatoms. The Morgan fingerprint density at radius 1 is 1.29 bits per heavy atom. The summed E-state index contributed by atoms with van der Waals surface area (Å²) >= 11 is 6.24. The van der Waals surface area contributed by atoms with Gasteiger partial charge in [0.2, 0.25) is 0 Å². The molecule has 6 nitrogen and oxygen atoms in total. The first kappa shape index (κ1) is 24.5. The first-order valence-corrected chi connectivity index (χ1v) is 9.45. The van der Waals surface area contributed by atoms with Gasteiger partial charge in [0.1, 0.15) is 17.2 Å². The van der Waals surface area contributed by atoms with Gasteiger partial charge in [-0.25, -0.2) is 0 Å². The number of nitrogens with zero attached hydrogens (tertiary/aromatic N) is 2. The van der Waals surface area contributed by atoms with Crippen molar-refractivity contribution in [3.63, 3.8) is 0 Å². The Labute approximate surface area is 181 Å². The molecule has 0 N–H and O–H groups in total. The third-order valence-corrected chi connectivity index (χ3v) is 4.90. The lowest BCUT2D eigenvalue weighted by atomic mass is 10.0. The second kappa shape index (κ2) is 10.3. The van der Waals surface area contributed by atoms with Crippen LogP contribution in [0, 0.1) is 17.0 Å². The fourth-order valence-electron chi connectivity index (χ4n) is 2.97. The van der Waals surface area contributed by atoms with Crippen molar-refractivity contribution in [3.05, 3.63) is 56.3 Å². The number of nitro groups is 1. The lowest BCUT2D eigenvalue weighted by Gasteiger charge is -2.28. The summed E-state index contributed by atoms with van der Waals surface area (Å²) in [7, 11) is 4.14. The number of furan rings is 1. The molecule has 2 aromatic rings. The standard InChI is InChI=1S/C20H28ClN2O4.BrH/c1-14(2)17-12-18(21)15(3)11-19(17)26-10-6-9-23(4,5)13-16-7-8-20(27-16)22(24)25;/h7-8,11-12,14H,6,9-10,13H2,1-5H3;1H/q+1;/p-1. The molecule has 1 aromatic heterocycles. The van der Waals surface area contributed by atoms with E-state index in [1.165, 1.54) is 6.07 Å². The Bertz CT molecular complexity index is 805. The lowest BCUT2D eigenvalue weighted by molar-refractivity contribution is -0.904. The molecule has 0 saturated heterocycles. The van der Waals surface area contributed by atoms with Gasteiger partial charge in [-0.3, -0.25) is 10.1 Å². The Morgan fingerprint density at radius 3 is 2.54 bits per heavy atom. The van der Waals surface area contributed by atoms with Crippen molar-refractivity contribution in [3.8, 4) is 5.75 Å². The highest BCUT2D eigenvalue weighted by Crippen LogP contribution is 2.32. The maximum absolute atomic E-state index is 10.7. The molecule has 0 aliphatic rings. The van der Waals surface area contributed by atoms with Gasteiger partial charge in [0.15, 0.2) is 5.76 Å². The third-order valence-electron chi connectivity index (χ3n) is 4.49. The number of hydrogen-bond donors (Lipinski definition) is 0. The fraction of sp³-hybridized carbons (Fsp3) is 0.500. The minimum Gasteiger partial charge on any atom is -1.00 e. The summed E-state index contributed by atoms with van der Waals surface area (Å²) in [6, 6.07) is 7.05. The van der Waals surface area contributed by atoms with Gasteiger partial charge in [-0.05, 0) is 42.2 Å². The Hall–Kier alpha value is -1.57. The van der Waals surface area contributed by atoms with E-state index in [-0.39, 0.29) is 22.9 Å². The minimum atomic E-state index is -0.516. The average molecular weight is 476 g/mol. The number of benzene rings is 1. The van der Waals surface area contributed by atoms with Crippen molar-refractivity contribution >= 4 is 17.5 Å². The van der Waals surface area contributed by atoms with Crippen molar-refractivity contribution in [2.45, 2.75) is 39.7 Å². The van der Waals surface area contributed by atoms with Gasteiger partial charge in [0, 0.05) is 11.4 Å². The summed E-state index contributed by atoms with van der Waals surface area (Å²) in [6.45, 7) is 8.26. The molecular formula is C20H28BrClN2O4. The fourth-order valence-corrected chi connectivity index (χ4v) is 3.14. The molecule has 0 atom stereocenters. The molecule has 0 spiro atoms. The first-order valence-electron chi connectivity index (χ1n) is 9.07. The number of ether oxygens (including phenoxy) is 1. The molecule has 1 heterocycles. The van der Waals surface area contributed by atoms with Crippen LogP contribution >= 0.6 is 11.6 Å². The maximum atomic E-state index is 10.7. The molecule has 0 bridgehead atoms. The third kappa shape index (κ3) is 6.79. The lowest BCUT2D eigenvalue weighted by Crippen LogP contribution is -3.00. The van der Waals surface area contributed by atoms with Crippen LogP contribution in [-0.2, 0) is 6.54 Å². The molecular weight excluding hydrogens is 448 g/mol. The molecule has 0 radical (unpaired) electrons. The van der Waals surface area contributed by atoms with Gasteiger partial charge in [-0.1, -0.05) is 25.4 Å². The van der Waals surface area contributed by atoms with Crippen LogP contribution in [0.4, 0.5) is 5.88 Å². The SMILES string of the molecule is Cc1cc(OCCC[N+](C)(C)Cc2ccc([N+](=O)[O-])o2)c(C(C)C)cc1Cl.[Br-]. The Balaban J connectivity index is 0.00000392. The first-order chi connectivity index (χ1) is 12.6. The molecule has 1 aromatic carbocycles. The zero-order chi connectivity index (χ0) is 20.2. The van der Waals surface area contributed by atoms with E-state index < -0.39 is 4.92 Å². The molecule has 0 unspecified atom stereocenters. The summed E-state index contributed by atoms with van der Waals surface area (Å²) in [5.41, 5.74) is 2.12. The number of rotatable bonds is 9. The molecule has 2 rings (SSSR count). The van der Waals surface area contributed by atoms with E-state index in [2.05, 4.69) is 27.9 Å².